The highest BCUT2D eigenvalue weighted by Gasteiger charge is 2.33. The number of carboxylic acid groups (broad SMARTS) is 1. The number of morpholine rings is 1. The molecule has 5 nitrogen and oxygen atoms in total. The predicted molar refractivity (Wildman–Crippen MR) is 112 cm³/mol. The summed E-state index contributed by atoms with van der Waals surface area (Å²) in [5.41, 5.74) is 1.10. The van der Waals surface area contributed by atoms with Gasteiger partial charge in [-0.3, -0.25) is 9.69 Å². The van der Waals surface area contributed by atoms with Crippen LogP contribution in [0.2, 0.25) is 0 Å². The molecule has 1 atom stereocenters. The minimum atomic E-state index is -4.43. The summed E-state index contributed by atoms with van der Waals surface area (Å²) in [6, 6.07) is 10.8. The van der Waals surface area contributed by atoms with Crippen molar-refractivity contribution < 1.29 is 32.5 Å². The van der Waals surface area contributed by atoms with E-state index in [4.69, 9.17) is 14.6 Å². The molecule has 31 heavy (non-hydrogen) atoms. The number of hydrogen-bond acceptors (Lipinski definition) is 4. The fraction of sp³-hybridized carbons (Fsp3) is 0.409. The van der Waals surface area contributed by atoms with E-state index in [1.807, 2.05) is 19.1 Å². The average molecular weight is 460 g/mol. The third-order valence-electron chi connectivity index (χ3n) is 5.07. The molecule has 1 aliphatic rings. The number of aryl methyl sites for hydroxylation is 1. The van der Waals surface area contributed by atoms with E-state index in [0.29, 0.717) is 32.0 Å². The summed E-state index contributed by atoms with van der Waals surface area (Å²) in [5, 5.41) is 8.85. The van der Waals surface area contributed by atoms with Crippen molar-refractivity contribution in [3.63, 3.8) is 0 Å². The third-order valence-corrected chi connectivity index (χ3v) is 5.07. The van der Waals surface area contributed by atoms with Crippen molar-refractivity contribution in [3.8, 4) is 5.75 Å². The van der Waals surface area contributed by atoms with Gasteiger partial charge in [0.05, 0.1) is 24.7 Å². The minimum absolute atomic E-state index is 0. The second kappa shape index (κ2) is 10.8. The fourth-order valence-corrected chi connectivity index (χ4v) is 3.47. The van der Waals surface area contributed by atoms with Crippen LogP contribution in [0, 0.1) is 6.92 Å². The molecule has 0 amide bonds. The molecule has 1 unspecified atom stereocenters. The van der Waals surface area contributed by atoms with E-state index in [0.717, 1.165) is 17.2 Å². The van der Waals surface area contributed by atoms with Crippen molar-refractivity contribution >= 4 is 18.4 Å². The lowest BCUT2D eigenvalue weighted by molar-refractivity contribution is -0.139. The second-order valence-corrected chi connectivity index (χ2v) is 7.27. The molecular formula is C22H25ClF3NO4. The van der Waals surface area contributed by atoms with Crippen LogP contribution in [0.5, 0.6) is 5.75 Å². The first-order chi connectivity index (χ1) is 14.2. The van der Waals surface area contributed by atoms with Gasteiger partial charge in [-0.25, -0.2) is 0 Å². The van der Waals surface area contributed by atoms with E-state index in [1.54, 1.807) is 12.1 Å². The predicted octanol–water partition coefficient (Wildman–Crippen LogP) is 4.86. The summed E-state index contributed by atoms with van der Waals surface area (Å²) in [6.45, 7) is 3.90. The number of carbonyl (C=O) groups is 1. The topological polar surface area (TPSA) is 59.0 Å². The molecule has 1 aliphatic heterocycles. The van der Waals surface area contributed by atoms with Gasteiger partial charge in [-0.05, 0) is 36.2 Å². The van der Waals surface area contributed by atoms with E-state index in [1.165, 1.54) is 12.1 Å². The van der Waals surface area contributed by atoms with Crippen LogP contribution < -0.4 is 4.74 Å². The van der Waals surface area contributed by atoms with Crippen LogP contribution in [-0.2, 0) is 22.3 Å². The standard InChI is InChI=1S/C22H24F3NO4.ClH/c1-15-12-16(20-13-26(10-11-29-20)9-8-21(27)28)6-7-19(15)30-14-17-4-2-3-5-18(17)22(23,24)25;/h2-7,12,20H,8-11,13-14H2,1H3,(H,27,28);1H. The Kier molecular flexibility index (Phi) is 8.73. The molecule has 3 rings (SSSR count). The monoisotopic (exact) mass is 459 g/mol. The van der Waals surface area contributed by atoms with Gasteiger partial charge in [-0.15, -0.1) is 12.4 Å². The van der Waals surface area contributed by atoms with Crippen molar-refractivity contribution in [2.45, 2.75) is 32.2 Å². The zero-order valence-corrected chi connectivity index (χ0v) is 17.8. The molecule has 0 radical (unpaired) electrons. The Balaban J connectivity index is 0.00000341. The highest BCUT2D eigenvalue weighted by atomic mass is 35.5. The lowest BCUT2D eigenvalue weighted by atomic mass is 10.0. The summed E-state index contributed by atoms with van der Waals surface area (Å²) in [5.74, 6) is -0.322. The van der Waals surface area contributed by atoms with Crippen LogP contribution in [-0.4, -0.2) is 42.2 Å². The number of halogens is 4. The second-order valence-electron chi connectivity index (χ2n) is 7.27. The number of ether oxygens (including phenoxy) is 2. The first kappa shape index (κ1) is 25.0. The lowest BCUT2D eigenvalue weighted by Gasteiger charge is -2.33. The van der Waals surface area contributed by atoms with E-state index in [2.05, 4.69) is 4.90 Å². The van der Waals surface area contributed by atoms with Gasteiger partial charge in [-0.1, -0.05) is 24.3 Å². The number of hydrogen-bond donors (Lipinski definition) is 1. The molecule has 0 saturated carbocycles. The van der Waals surface area contributed by atoms with Gasteiger partial charge in [0.1, 0.15) is 12.4 Å². The fourth-order valence-electron chi connectivity index (χ4n) is 3.47. The zero-order chi connectivity index (χ0) is 21.7. The number of benzene rings is 2. The summed E-state index contributed by atoms with van der Waals surface area (Å²) in [7, 11) is 0. The van der Waals surface area contributed by atoms with Gasteiger partial charge in [0.2, 0.25) is 0 Å². The van der Waals surface area contributed by atoms with Crippen molar-refractivity contribution in [2.75, 3.05) is 26.2 Å². The molecule has 2 aromatic rings. The molecule has 1 N–H and O–H groups in total. The maximum atomic E-state index is 13.1. The van der Waals surface area contributed by atoms with Crippen LogP contribution in [0.15, 0.2) is 42.5 Å². The Labute approximate surface area is 185 Å². The van der Waals surface area contributed by atoms with Crippen molar-refractivity contribution in [2.24, 2.45) is 0 Å². The van der Waals surface area contributed by atoms with E-state index >= 15 is 0 Å². The number of rotatable bonds is 7. The molecule has 1 saturated heterocycles. The number of alkyl halides is 3. The maximum Gasteiger partial charge on any atom is 0.416 e. The normalized spacial score (nSPS) is 17.1. The average Bonchev–Trinajstić information content (AvgIpc) is 2.71. The molecule has 2 aromatic carbocycles. The van der Waals surface area contributed by atoms with Gasteiger partial charge in [0, 0.05) is 25.2 Å². The third kappa shape index (κ3) is 6.85. The summed E-state index contributed by atoms with van der Waals surface area (Å²) >= 11 is 0. The minimum Gasteiger partial charge on any atom is -0.489 e. The molecule has 0 aromatic heterocycles. The SMILES string of the molecule is Cc1cc(C2CN(CCC(=O)O)CCO2)ccc1OCc1ccccc1C(F)(F)F.Cl. The van der Waals surface area contributed by atoms with Crippen LogP contribution in [0.1, 0.15) is 34.8 Å². The quantitative estimate of drug-likeness (QED) is 0.640. The molecule has 170 valence electrons. The van der Waals surface area contributed by atoms with Crippen LogP contribution >= 0.6 is 12.4 Å². The lowest BCUT2D eigenvalue weighted by Crippen LogP contribution is -2.39. The first-order valence-corrected chi connectivity index (χ1v) is 9.68. The van der Waals surface area contributed by atoms with Gasteiger partial charge < -0.3 is 14.6 Å². The molecular weight excluding hydrogens is 435 g/mol. The van der Waals surface area contributed by atoms with Crippen LogP contribution in [0.25, 0.3) is 0 Å². The zero-order valence-electron chi connectivity index (χ0n) is 17.0. The molecule has 1 fully saturated rings. The van der Waals surface area contributed by atoms with Crippen molar-refractivity contribution in [3.05, 3.63) is 64.7 Å². The van der Waals surface area contributed by atoms with Crippen LogP contribution in [0.3, 0.4) is 0 Å². The highest BCUT2D eigenvalue weighted by Crippen LogP contribution is 2.33. The van der Waals surface area contributed by atoms with Crippen LogP contribution in [0.4, 0.5) is 13.2 Å². The van der Waals surface area contributed by atoms with Gasteiger partial charge in [-0.2, -0.15) is 13.2 Å². The largest absolute Gasteiger partial charge is 0.489 e. The van der Waals surface area contributed by atoms with E-state index < -0.39 is 17.7 Å². The molecule has 1 heterocycles. The first-order valence-electron chi connectivity index (χ1n) is 9.68. The summed E-state index contributed by atoms with van der Waals surface area (Å²) < 4.78 is 50.9. The summed E-state index contributed by atoms with van der Waals surface area (Å²) in [6.07, 6.45) is -4.53. The maximum absolute atomic E-state index is 13.1. The molecule has 0 spiro atoms. The van der Waals surface area contributed by atoms with Gasteiger partial charge in [0.15, 0.2) is 0 Å². The molecule has 0 bridgehead atoms. The Morgan fingerprint density at radius 2 is 2.00 bits per heavy atom. The molecule has 9 heteroatoms. The molecule has 0 aliphatic carbocycles. The van der Waals surface area contributed by atoms with Crippen molar-refractivity contribution in [1.82, 2.24) is 4.90 Å². The highest BCUT2D eigenvalue weighted by molar-refractivity contribution is 5.85. The number of carboxylic acids is 1. The Morgan fingerprint density at radius 3 is 2.68 bits per heavy atom. The van der Waals surface area contributed by atoms with Gasteiger partial charge >= 0.3 is 12.1 Å². The Morgan fingerprint density at radius 1 is 1.26 bits per heavy atom. The smallest absolute Gasteiger partial charge is 0.416 e. The van der Waals surface area contributed by atoms with Crippen molar-refractivity contribution in [1.29, 1.82) is 0 Å². The van der Waals surface area contributed by atoms with E-state index in [9.17, 15) is 18.0 Å². The Hall–Kier alpha value is -2.29. The number of nitrogens with zero attached hydrogens (tertiary/aromatic N) is 1. The Bertz CT molecular complexity index is 891. The van der Waals surface area contributed by atoms with Gasteiger partial charge in [0.25, 0.3) is 0 Å². The number of aliphatic carboxylic acids is 1. The summed E-state index contributed by atoms with van der Waals surface area (Å²) in [4.78, 5) is 12.8. The van der Waals surface area contributed by atoms with E-state index in [-0.39, 0.29) is 37.1 Å².